The fourth-order valence-corrected chi connectivity index (χ4v) is 1.10. The van der Waals surface area contributed by atoms with E-state index in [-0.39, 0.29) is 39.9 Å². The fraction of sp³-hybridized carbons (Fsp3) is 0. The Morgan fingerprint density at radius 3 is 1.09 bits per heavy atom. The van der Waals surface area contributed by atoms with E-state index in [1.807, 2.05) is 0 Å². The molecule has 0 aromatic carbocycles. The van der Waals surface area contributed by atoms with Crippen LogP contribution in [0.4, 0.5) is 0 Å². The van der Waals surface area contributed by atoms with Gasteiger partial charge in [-0.3, -0.25) is 0 Å². The maximum Gasteiger partial charge on any atom is 4.00 e. The SMILES string of the molecule is O=P([O-])([O-])OP(=O)([O-])[O-].[Li+].[Mo+4]. The van der Waals surface area contributed by atoms with Gasteiger partial charge in [0.25, 0.3) is 0 Å². The molecule has 0 atom stereocenters. The van der Waals surface area contributed by atoms with Crippen molar-refractivity contribution in [1.29, 1.82) is 0 Å². The van der Waals surface area contributed by atoms with Gasteiger partial charge in [-0.1, -0.05) is 0 Å². The van der Waals surface area contributed by atoms with E-state index < -0.39 is 15.6 Å². The molecule has 0 fully saturated rings. The van der Waals surface area contributed by atoms with Crippen LogP contribution in [-0.4, -0.2) is 0 Å². The summed E-state index contributed by atoms with van der Waals surface area (Å²) in [6.07, 6.45) is 0. The van der Waals surface area contributed by atoms with Gasteiger partial charge in [0.2, 0.25) is 0 Å². The zero-order valence-corrected chi connectivity index (χ0v) is 8.96. The van der Waals surface area contributed by atoms with Crippen LogP contribution >= 0.6 is 15.6 Å². The Kier molecular flexibility index (Phi) is 10.1. The molecule has 58 valence electrons. The molecule has 0 aliphatic carbocycles. The predicted molar refractivity (Wildman–Crippen MR) is 16.3 cm³/mol. The van der Waals surface area contributed by atoms with Crippen LogP contribution in [0, 0.1) is 0 Å². The van der Waals surface area contributed by atoms with Gasteiger partial charge >= 0.3 is 39.9 Å². The molecule has 11 heteroatoms. The Bertz CT molecular complexity index is 157. The average Bonchev–Trinajstić information content (AvgIpc) is 1.14. The van der Waals surface area contributed by atoms with Crippen LogP contribution in [0.15, 0.2) is 0 Å². The molecule has 0 heterocycles. The van der Waals surface area contributed by atoms with Crippen molar-refractivity contribution in [1.82, 2.24) is 0 Å². The summed E-state index contributed by atoms with van der Waals surface area (Å²) in [6, 6.07) is 0. The third kappa shape index (κ3) is 18.5. The molecular weight excluding hydrogens is 277 g/mol. The molecule has 0 spiro atoms. The second-order valence-corrected chi connectivity index (χ2v) is 3.42. The molecular formula is LiMoO7P2+. The zero-order chi connectivity index (χ0) is 7.71. The maximum atomic E-state index is 9.32. The monoisotopic (exact) mass is 279 g/mol. The zero-order valence-electron chi connectivity index (χ0n) is 5.16. The molecule has 0 rings (SSSR count). The van der Waals surface area contributed by atoms with E-state index in [4.69, 9.17) is 0 Å². The van der Waals surface area contributed by atoms with Crippen molar-refractivity contribution >= 4 is 15.6 Å². The maximum absolute atomic E-state index is 9.32. The molecule has 0 radical (unpaired) electrons. The van der Waals surface area contributed by atoms with Crippen molar-refractivity contribution in [2.24, 2.45) is 0 Å². The van der Waals surface area contributed by atoms with Crippen LogP contribution in [-0.2, 0) is 34.5 Å². The van der Waals surface area contributed by atoms with Gasteiger partial charge in [-0.05, 0) is 0 Å². The van der Waals surface area contributed by atoms with E-state index in [2.05, 4.69) is 4.31 Å². The van der Waals surface area contributed by atoms with Crippen LogP contribution in [0.25, 0.3) is 0 Å². The number of phosphoric acid groups is 2. The molecule has 0 bridgehead atoms. The first-order valence-corrected chi connectivity index (χ1v) is 4.38. The Morgan fingerprint density at radius 1 is 0.909 bits per heavy atom. The summed E-state index contributed by atoms with van der Waals surface area (Å²) in [5.74, 6) is 0. The molecule has 11 heavy (non-hydrogen) atoms. The first kappa shape index (κ1) is 18.4. The molecule has 0 amide bonds. The fourth-order valence-electron chi connectivity index (χ4n) is 0.122. The van der Waals surface area contributed by atoms with Gasteiger partial charge in [0.15, 0.2) is 0 Å². The molecule has 0 saturated carbocycles. The second kappa shape index (κ2) is 6.07. The Labute approximate surface area is 88.4 Å². The molecule has 0 aliphatic rings. The number of rotatable bonds is 2. The predicted octanol–water partition coefficient (Wildman–Crippen LogP) is -6.34. The van der Waals surface area contributed by atoms with Gasteiger partial charge in [-0.15, -0.1) is 0 Å². The summed E-state index contributed by atoms with van der Waals surface area (Å²) < 4.78 is 21.2. The summed E-state index contributed by atoms with van der Waals surface area (Å²) >= 11 is 0. The van der Waals surface area contributed by atoms with E-state index in [1.165, 1.54) is 0 Å². The van der Waals surface area contributed by atoms with Crippen molar-refractivity contribution in [2.75, 3.05) is 0 Å². The number of hydrogen-bond donors (Lipinski definition) is 0. The second-order valence-electron chi connectivity index (χ2n) is 0.976. The summed E-state index contributed by atoms with van der Waals surface area (Å²) in [5, 5.41) is 0. The number of hydrogen-bond acceptors (Lipinski definition) is 7. The molecule has 0 saturated heterocycles. The normalized spacial score (nSPS) is 11.3. The first-order chi connectivity index (χ1) is 3.71. The molecule has 0 aliphatic heterocycles. The van der Waals surface area contributed by atoms with Crippen LogP contribution in [0.2, 0.25) is 0 Å². The van der Waals surface area contributed by atoms with Crippen molar-refractivity contribution < 1.29 is 72.9 Å². The van der Waals surface area contributed by atoms with Gasteiger partial charge in [0.1, 0.15) is 0 Å². The molecule has 7 nitrogen and oxygen atoms in total. The minimum atomic E-state index is -5.68. The van der Waals surface area contributed by atoms with Crippen molar-refractivity contribution in [3.63, 3.8) is 0 Å². The van der Waals surface area contributed by atoms with E-state index in [1.54, 1.807) is 0 Å². The van der Waals surface area contributed by atoms with Crippen molar-refractivity contribution in [3.8, 4) is 0 Å². The van der Waals surface area contributed by atoms with E-state index in [0.717, 1.165) is 0 Å². The van der Waals surface area contributed by atoms with E-state index >= 15 is 0 Å². The van der Waals surface area contributed by atoms with E-state index in [0.29, 0.717) is 0 Å². The molecule has 0 aromatic rings. The largest absolute Gasteiger partial charge is 4.00 e. The smallest absolute Gasteiger partial charge is 0.790 e. The minimum Gasteiger partial charge on any atom is -0.790 e. The minimum absolute atomic E-state index is 0. The quantitative estimate of drug-likeness (QED) is 0.361. The van der Waals surface area contributed by atoms with Gasteiger partial charge in [-0.2, -0.15) is 0 Å². The average molecular weight is 277 g/mol. The third-order valence-corrected chi connectivity index (χ3v) is 1.80. The first-order valence-electron chi connectivity index (χ1n) is 1.46. The van der Waals surface area contributed by atoms with Crippen molar-refractivity contribution in [3.05, 3.63) is 0 Å². The van der Waals surface area contributed by atoms with Crippen LogP contribution in [0.1, 0.15) is 0 Å². The topological polar surface area (TPSA) is 136 Å². The van der Waals surface area contributed by atoms with Gasteiger partial charge in [0, 0.05) is 0 Å². The summed E-state index contributed by atoms with van der Waals surface area (Å²) in [7, 11) is -11.4. The van der Waals surface area contributed by atoms with Gasteiger partial charge < -0.3 is 33.0 Å². The standard InChI is InChI=1S/Li.Mo.H4O7P2/c;;1-8(2,3)7-9(4,5)6/h;;(H2,1,2,3)(H2,4,5,6)/q+1;+4;/p-4. The summed E-state index contributed by atoms with van der Waals surface area (Å²) in [6.45, 7) is 0. The van der Waals surface area contributed by atoms with Crippen molar-refractivity contribution in [2.45, 2.75) is 0 Å². The third-order valence-electron chi connectivity index (χ3n) is 0.200. The molecule has 0 aromatic heterocycles. The van der Waals surface area contributed by atoms with Crippen LogP contribution < -0.4 is 38.4 Å². The Hall–Kier alpha value is 1.55. The van der Waals surface area contributed by atoms with Crippen LogP contribution in [0.3, 0.4) is 0 Å². The summed E-state index contributed by atoms with van der Waals surface area (Å²) in [5.41, 5.74) is 0. The molecule has 0 N–H and O–H groups in total. The Balaban J connectivity index is -0.000000320. The van der Waals surface area contributed by atoms with Crippen LogP contribution in [0.5, 0.6) is 0 Å². The van der Waals surface area contributed by atoms with Gasteiger partial charge in [0.05, 0.1) is 15.6 Å². The Morgan fingerprint density at radius 2 is 1.09 bits per heavy atom. The van der Waals surface area contributed by atoms with E-state index in [9.17, 15) is 28.7 Å². The van der Waals surface area contributed by atoms with Gasteiger partial charge in [-0.25, -0.2) is 0 Å². The summed E-state index contributed by atoms with van der Waals surface area (Å²) in [4.78, 5) is 37.3. The molecule has 0 unspecified atom stereocenters.